The Bertz CT molecular complexity index is 909. The normalized spacial score (nSPS) is 16.6. The number of hydrogen-bond acceptors (Lipinski definition) is 5. The van der Waals surface area contributed by atoms with E-state index in [2.05, 4.69) is 14.7 Å². The van der Waals surface area contributed by atoms with E-state index in [9.17, 15) is 9.18 Å². The van der Waals surface area contributed by atoms with Crippen LogP contribution in [-0.2, 0) is 13.1 Å². The second-order valence-corrected chi connectivity index (χ2v) is 6.54. The molecule has 1 aliphatic heterocycles. The van der Waals surface area contributed by atoms with Gasteiger partial charge in [-0.05, 0) is 36.6 Å². The molecule has 27 heavy (non-hydrogen) atoms. The van der Waals surface area contributed by atoms with Gasteiger partial charge in [0.25, 0.3) is 5.91 Å². The summed E-state index contributed by atoms with van der Waals surface area (Å²) < 4.78 is 26.1. The zero-order valence-electron chi connectivity index (χ0n) is 14.6. The molecule has 0 saturated carbocycles. The number of fused-ring (bicyclic) bond motifs is 1. The van der Waals surface area contributed by atoms with Crippen molar-refractivity contribution in [2.24, 2.45) is 5.92 Å². The first-order valence-corrected chi connectivity index (χ1v) is 8.76. The molecule has 3 aromatic rings. The Morgan fingerprint density at radius 3 is 3.07 bits per heavy atom. The quantitative estimate of drug-likeness (QED) is 0.690. The molecule has 8 heteroatoms. The van der Waals surface area contributed by atoms with E-state index in [0.717, 1.165) is 12.2 Å². The van der Waals surface area contributed by atoms with Gasteiger partial charge in [-0.1, -0.05) is 5.16 Å². The van der Waals surface area contributed by atoms with Gasteiger partial charge in [0, 0.05) is 31.2 Å². The Morgan fingerprint density at radius 1 is 1.33 bits per heavy atom. The molecule has 7 nitrogen and oxygen atoms in total. The van der Waals surface area contributed by atoms with Gasteiger partial charge in [0.1, 0.15) is 6.26 Å². The highest BCUT2D eigenvalue weighted by molar-refractivity contribution is 5.93. The van der Waals surface area contributed by atoms with Crippen molar-refractivity contribution in [3.8, 4) is 5.88 Å². The molecular formula is C19H19FN4O3. The van der Waals surface area contributed by atoms with Gasteiger partial charge < -0.3 is 18.7 Å². The van der Waals surface area contributed by atoms with E-state index < -0.39 is 5.82 Å². The molecule has 140 valence electrons. The number of amides is 1. The van der Waals surface area contributed by atoms with Gasteiger partial charge in [0.05, 0.1) is 24.9 Å². The Morgan fingerprint density at radius 2 is 2.26 bits per heavy atom. The van der Waals surface area contributed by atoms with E-state index in [4.69, 9.17) is 9.26 Å². The fraction of sp³-hybridized carbons (Fsp3) is 0.316. The maximum atomic E-state index is 13.6. The van der Waals surface area contributed by atoms with Crippen LogP contribution in [0.25, 0.3) is 0 Å². The summed E-state index contributed by atoms with van der Waals surface area (Å²) in [7, 11) is 0. The largest absolute Gasteiger partial charge is 0.476 e. The molecule has 1 amide bonds. The summed E-state index contributed by atoms with van der Waals surface area (Å²) in [6, 6.07) is 6.82. The zero-order valence-corrected chi connectivity index (χ0v) is 14.6. The molecule has 3 aromatic heterocycles. The second kappa shape index (κ2) is 7.61. The van der Waals surface area contributed by atoms with Crippen LogP contribution in [-0.4, -0.2) is 38.7 Å². The number of ether oxygens (including phenoxy) is 1. The van der Waals surface area contributed by atoms with Crippen LogP contribution in [0.4, 0.5) is 4.39 Å². The van der Waals surface area contributed by atoms with Gasteiger partial charge in [0.15, 0.2) is 5.82 Å². The Hall–Kier alpha value is -3.16. The molecule has 4 heterocycles. The van der Waals surface area contributed by atoms with Crippen molar-refractivity contribution in [2.75, 3.05) is 13.2 Å². The van der Waals surface area contributed by atoms with Crippen LogP contribution in [0.3, 0.4) is 0 Å². The molecule has 0 unspecified atom stereocenters. The highest BCUT2D eigenvalue weighted by Gasteiger charge is 2.26. The average Bonchev–Trinajstić information content (AvgIpc) is 3.32. The maximum absolute atomic E-state index is 13.6. The number of nitrogens with zero attached hydrogens (tertiary/aromatic N) is 4. The summed E-state index contributed by atoms with van der Waals surface area (Å²) in [6.45, 7) is 2.18. The predicted octanol–water partition coefficient (Wildman–Crippen LogP) is 2.75. The number of rotatable bonds is 5. The zero-order chi connectivity index (χ0) is 18.6. The van der Waals surface area contributed by atoms with Crippen LogP contribution in [0.1, 0.15) is 22.5 Å². The standard InChI is InChI=1S/C19H19FN4O3/c20-17-4-1-6-21-18(17)26-8-5-14-10-23-7-2-3-16(23)12-24(11-14)19(25)15-9-22-27-13-15/h1-4,6-7,9,13-14H,5,8,10-12H2/t14-/m0/s1. The third-order valence-electron chi connectivity index (χ3n) is 4.67. The lowest BCUT2D eigenvalue weighted by molar-refractivity contribution is 0.0711. The number of aromatic nitrogens is 3. The van der Waals surface area contributed by atoms with E-state index in [0.29, 0.717) is 31.7 Å². The molecule has 0 N–H and O–H groups in total. The summed E-state index contributed by atoms with van der Waals surface area (Å²) in [5.74, 6) is -0.428. The van der Waals surface area contributed by atoms with Crippen LogP contribution in [0.2, 0.25) is 0 Å². The molecule has 0 saturated heterocycles. The van der Waals surface area contributed by atoms with E-state index in [-0.39, 0.29) is 17.7 Å². The summed E-state index contributed by atoms with van der Waals surface area (Å²) in [4.78, 5) is 18.4. The van der Waals surface area contributed by atoms with Gasteiger partial charge in [-0.3, -0.25) is 4.79 Å². The third-order valence-corrected chi connectivity index (χ3v) is 4.67. The molecule has 1 aliphatic rings. The fourth-order valence-electron chi connectivity index (χ4n) is 3.31. The van der Waals surface area contributed by atoms with Crippen LogP contribution < -0.4 is 4.74 Å². The number of hydrogen-bond donors (Lipinski definition) is 0. The molecule has 0 fully saturated rings. The van der Waals surface area contributed by atoms with Gasteiger partial charge in [-0.2, -0.15) is 0 Å². The summed E-state index contributed by atoms with van der Waals surface area (Å²) >= 11 is 0. The molecule has 1 atom stereocenters. The van der Waals surface area contributed by atoms with Crippen molar-refractivity contribution >= 4 is 5.91 Å². The summed E-state index contributed by atoms with van der Waals surface area (Å²) in [6.07, 6.45) is 6.95. The van der Waals surface area contributed by atoms with E-state index in [1.165, 1.54) is 30.8 Å². The number of pyridine rings is 1. The first kappa shape index (κ1) is 17.3. The van der Waals surface area contributed by atoms with Crippen molar-refractivity contribution in [1.29, 1.82) is 0 Å². The third kappa shape index (κ3) is 3.84. The molecule has 0 aliphatic carbocycles. The Kier molecular flexibility index (Phi) is 4.86. The van der Waals surface area contributed by atoms with Crippen LogP contribution >= 0.6 is 0 Å². The topological polar surface area (TPSA) is 73.4 Å². The number of carbonyl (C=O) groups is 1. The summed E-state index contributed by atoms with van der Waals surface area (Å²) in [5.41, 5.74) is 1.50. The van der Waals surface area contributed by atoms with Gasteiger partial charge in [-0.15, -0.1) is 0 Å². The minimum absolute atomic E-state index is 0.00480. The van der Waals surface area contributed by atoms with Crippen LogP contribution in [0.15, 0.2) is 53.6 Å². The number of carbonyl (C=O) groups excluding carboxylic acids is 1. The lowest BCUT2D eigenvalue weighted by Crippen LogP contribution is -2.34. The van der Waals surface area contributed by atoms with Crippen molar-refractivity contribution < 1.29 is 18.4 Å². The minimum atomic E-state index is -0.477. The van der Waals surface area contributed by atoms with E-state index in [1.54, 1.807) is 4.90 Å². The molecule has 0 bridgehead atoms. The van der Waals surface area contributed by atoms with Gasteiger partial charge >= 0.3 is 0 Å². The van der Waals surface area contributed by atoms with Crippen molar-refractivity contribution in [1.82, 2.24) is 19.6 Å². The highest BCUT2D eigenvalue weighted by atomic mass is 19.1. The second-order valence-electron chi connectivity index (χ2n) is 6.54. The van der Waals surface area contributed by atoms with E-state index in [1.807, 2.05) is 18.3 Å². The lowest BCUT2D eigenvalue weighted by atomic mass is 10.1. The fourth-order valence-corrected chi connectivity index (χ4v) is 3.31. The number of halogens is 1. The monoisotopic (exact) mass is 370 g/mol. The highest BCUT2D eigenvalue weighted by Crippen LogP contribution is 2.22. The first-order chi connectivity index (χ1) is 13.2. The average molecular weight is 370 g/mol. The van der Waals surface area contributed by atoms with E-state index >= 15 is 0 Å². The van der Waals surface area contributed by atoms with Crippen molar-refractivity contribution in [2.45, 2.75) is 19.5 Å². The molecule has 0 spiro atoms. The van der Waals surface area contributed by atoms with Crippen LogP contribution in [0, 0.1) is 11.7 Å². The molecular weight excluding hydrogens is 351 g/mol. The van der Waals surface area contributed by atoms with Gasteiger partial charge in [-0.25, -0.2) is 9.37 Å². The van der Waals surface area contributed by atoms with Crippen LogP contribution in [0.5, 0.6) is 5.88 Å². The SMILES string of the molecule is O=C(c1cnoc1)N1Cc2cccn2C[C@H](CCOc2ncccc2F)C1. The van der Waals surface area contributed by atoms with Crippen molar-refractivity contribution in [3.63, 3.8) is 0 Å². The first-order valence-electron chi connectivity index (χ1n) is 8.76. The smallest absolute Gasteiger partial charge is 0.259 e. The Balaban J connectivity index is 1.45. The van der Waals surface area contributed by atoms with Gasteiger partial charge in [0.2, 0.25) is 5.88 Å². The maximum Gasteiger partial charge on any atom is 0.259 e. The molecule has 0 radical (unpaired) electrons. The predicted molar refractivity (Wildman–Crippen MR) is 93.5 cm³/mol. The molecule has 0 aromatic carbocycles. The Labute approximate surface area is 155 Å². The van der Waals surface area contributed by atoms with Crippen molar-refractivity contribution in [3.05, 3.63) is 66.2 Å². The minimum Gasteiger partial charge on any atom is -0.476 e. The molecule has 4 rings (SSSR count). The lowest BCUT2D eigenvalue weighted by Gasteiger charge is -2.23. The summed E-state index contributed by atoms with van der Waals surface area (Å²) in [5, 5.41) is 3.62.